The highest BCUT2D eigenvalue weighted by Gasteiger charge is 2.34. The van der Waals surface area contributed by atoms with Crippen molar-refractivity contribution < 1.29 is 18.3 Å². The van der Waals surface area contributed by atoms with Crippen LogP contribution in [0.25, 0.3) is 0 Å². The van der Waals surface area contributed by atoms with Gasteiger partial charge in [0.05, 0.1) is 11.3 Å². The molecule has 9 heteroatoms. The van der Waals surface area contributed by atoms with E-state index in [-0.39, 0.29) is 16.5 Å². The van der Waals surface area contributed by atoms with Crippen molar-refractivity contribution in [3.8, 4) is 0 Å². The molecule has 3 heterocycles. The second-order valence-corrected chi connectivity index (χ2v) is 8.24. The lowest BCUT2D eigenvalue weighted by atomic mass is 9.99. The molecule has 1 unspecified atom stereocenters. The third-order valence-electron chi connectivity index (χ3n) is 4.38. The fraction of sp³-hybridized carbons (Fsp3) is 0.438. The molecule has 2 aromatic heterocycles. The van der Waals surface area contributed by atoms with E-state index < -0.39 is 16.0 Å². The van der Waals surface area contributed by atoms with E-state index in [9.17, 15) is 13.2 Å². The molecule has 0 radical (unpaired) electrons. The number of aromatic nitrogens is 3. The van der Waals surface area contributed by atoms with E-state index >= 15 is 0 Å². The van der Waals surface area contributed by atoms with E-state index in [1.807, 2.05) is 0 Å². The largest absolute Gasteiger partial charge is 0.478 e. The van der Waals surface area contributed by atoms with Gasteiger partial charge in [-0.2, -0.15) is 9.40 Å². The zero-order valence-electron chi connectivity index (χ0n) is 14.1. The van der Waals surface area contributed by atoms with Gasteiger partial charge in [0.1, 0.15) is 0 Å². The van der Waals surface area contributed by atoms with Gasteiger partial charge < -0.3 is 5.11 Å². The zero-order valence-corrected chi connectivity index (χ0v) is 14.9. The van der Waals surface area contributed by atoms with Gasteiger partial charge >= 0.3 is 5.97 Å². The first-order chi connectivity index (χ1) is 11.8. The van der Waals surface area contributed by atoms with Crippen LogP contribution in [0.2, 0.25) is 0 Å². The fourth-order valence-corrected chi connectivity index (χ4v) is 4.90. The number of nitrogens with zero attached hydrogens (tertiary/aromatic N) is 4. The Morgan fingerprint density at radius 1 is 1.36 bits per heavy atom. The first-order valence-electron chi connectivity index (χ1n) is 7.95. The molecule has 0 amide bonds. The van der Waals surface area contributed by atoms with Crippen LogP contribution < -0.4 is 0 Å². The van der Waals surface area contributed by atoms with Crippen LogP contribution in [0.4, 0.5) is 0 Å². The lowest BCUT2D eigenvalue weighted by Crippen LogP contribution is -2.30. The van der Waals surface area contributed by atoms with Crippen molar-refractivity contribution >= 4 is 16.0 Å². The summed E-state index contributed by atoms with van der Waals surface area (Å²) in [6.07, 6.45) is 4.27. The van der Waals surface area contributed by atoms with E-state index in [1.165, 1.54) is 15.2 Å². The van der Waals surface area contributed by atoms with Gasteiger partial charge in [-0.05, 0) is 43.4 Å². The highest BCUT2D eigenvalue weighted by atomic mass is 32.2. The highest BCUT2D eigenvalue weighted by Crippen LogP contribution is 2.26. The van der Waals surface area contributed by atoms with Crippen molar-refractivity contribution in [1.82, 2.24) is 19.1 Å². The average Bonchev–Trinajstić information content (AvgIpc) is 3.14. The quantitative estimate of drug-likeness (QED) is 0.851. The molecule has 25 heavy (non-hydrogen) atoms. The smallest absolute Gasteiger partial charge is 0.337 e. The van der Waals surface area contributed by atoms with E-state index in [4.69, 9.17) is 5.11 Å². The number of sulfonamides is 1. The van der Waals surface area contributed by atoms with Crippen molar-refractivity contribution in [3.05, 3.63) is 41.3 Å². The standard InChI is InChI=1S/C16H20N4O4S/c1-11-5-15(19(2)18-11)25(23,24)20-4-3-12(10-20)6-13-7-14(16(21)22)9-17-8-13/h5,7-9,12H,3-4,6,10H2,1-2H3,(H,21,22). The van der Waals surface area contributed by atoms with Gasteiger partial charge in [0, 0.05) is 32.5 Å². The number of hydrogen-bond acceptors (Lipinski definition) is 5. The third kappa shape index (κ3) is 3.57. The second-order valence-electron chi connectivity index (χ2n) is 6.36. The van der Waals surface area contributed by atoms with E-state index in [2.05, 4.69) is 10.1 Å². The molecule has 1 aliphatic rings. The summed E-state index contributed by atoms with van der Waals surface area (Å²) in [5, 5.41) is 13.3. The summed E-state index contributed by atoms with van der Waals surface area (Å²) in [5.74, 6) is -0.883. The van der Waals surface area contributed by atoms with Gasteiger partial charge in [0.15, 0.2) is 5.03 Å². The van der Waals surface area contributed by atoms with Gasteiger partial charge in [0.2, 0.25) is 0 Å². The monoisotopic (exact) mass is 364 g/mol. The number of carboxylic acids is 1. The molecule has 0 saturated carbocycles. The highest BCUT2D eigenvalue weighted by molar-refractivity contribution is 7.89. The Morgan fingerprint density at radius 3 is 2.76 bits per heavy atom. The summed E-state index contributed by atoms with van der Waals surface area (Å²) in [4.78, 5) is 15.0. The van der Waals surface area contributed by atoms with Gasteiger partial charge in [-0.1, -0.05) is 0 Å². The van der Waals surface area contributed by atoms with Crippen molar-refractivity contribution in [1.29, 1.82) is 0 Å². The van der Waals surface area contributed by atoms with E-state index in [0.717, 1.165) is 12.0 Å². The summed E-state index contributed by atoms with van der Waals surface area (Å²) >= 11 is 0. The first-order valence-corrected chi connectivity index (χ1v) is 9.39. The van der Waals surface area contributed by atoms with Crippen molar-refractivity contribution in [3.63, 3.8) is 0 Å². The zero-order chi connectivity index (χ0) is 18.2. The molecule has 0 bridgehead atoms. The lowest BCUT2D eigenvalue weighted by Gasteiger charge is -2.16. The minimum absolute atomic E-state index is 0.134. The number of rotatable bonds is 5. The number of aromatic carboxylic acids is 1. The molecular weight excluding hydrogens is 344 g/mol. The molecule has 1 atom stereocenters. The van der Waals surface area contributed by atoms with Crippen LogP contribution in [-0.4, -0.2) is 51.7 Å². The Hall–Kier alpha value is -2.26. The molecule has 0 aromatic carbocycles. The predicted octanol–water partition coefficient (Wildman–Crippen LogP) is 1.08. The molecule has 0 spiro atoms. The molecule has 1 N–H and O–H groups in total. The lowest BCUT2D eigenvalue weighted by molar-refractivity contribution is 0.0696. The fourth-order valence-electron chi connectivity index (χ4n) is 3.19. The Morgan fingerprint density at radius 2 is 2.12 bits per heavy atom. The molecule has 1 saturated heterocycles. The first kappa shape index (κ1) is 17.6. The van der Waals surface area contributed by atoms with Crippen molar-refractivity contribution in [2.45, 2.75) is 24.8 Å². The van der Waals surface area contributed by atoms with Crippen LogP contribution in [0.3, 0.4) is 0 Å². The van der Waals surface area contributed by atoms with E-state index in [1.54, 1.807) is 32.3 Å². The molecule has 1 fully saturated rings. The van der Waals surface area contributed by atoms with Gasteiger partial charge in [-0.25, -0.2) is 13.2 Å². The van der Waals surface area contributed by atoms with Crippen molar-refractivity contribution in [2.75, 3.05) is 13.1 Å². The van der Waals surface area contributed by atoms with Gasteiger partial charge in [-0.3, -0.25) is 9.67 Å². The maximum atomic E-state index is 12.8. The summed E-state index contributed by atoms with van der Waals surface area (Å²) in [7, 11) is -1.95. The second kappa shape index (κ2) is 6.57. The van der Waals surface area contributed by atoms with Gasteiger partial charge in [0.25, 0.3) is 10.0 Å². The Bertz CT molecular complexity index is 907. The SMILES string of the molecule is Cc1cc(S(=O)(=O)N2CCC(Cc3cncc(C(=O)O)c3)C2)n(C)n1. The topological polar surface area (TPSA) is 105 Å². The summed E-state index contributed by atoms with van der Waals surface area (Å²) in [6.45, 7) is 2.61. The Balaban J connectivity index is 1.72. The number of pyridine rings is 1. The van der Waals surface area contributed by atoms with E-state index in [0.29, 0.717) is 25.2 Å². The van der Waals surface area contributed by atoms with Crippen LogP contribution in [0.15, 0.2) is 29.6 Å². The molecule has 3 rings (SSSR count). The predicted molar refractivity (Wildman–Crippen MR) is 89.7 cm³/mol. The maximum Gasteiger partial charge on any atom is 0.337 e. The minimum atomic E-state index is -3.57. The number of hydrogen-bond donors (Lipinski definition) is 1. The third-order valence-corrected chi connectivity index (χ3v) is 6.30. The van der Waals surface area contributed by atoms with Crippen molar-refractivity contribution in [2.24, 2.45) is 13.0 Å². The minimum Gasteiger partial charge on any atom is -0.478 e. The number of aryl methyl sites for hydroxylation is 2. The van der Waals surface area contributed by atoms with Crippen LogP contribution in [-0.2, 0) is 23.5 Å². The summed E-state index contributed by atoms with van der Waals surface area (Å²) in [6, 6.07) is 3.17. The average molecular weight is 364 g/mol. The molecule has 134 valence electrons. The normalized spacial score (nSPS) is 18.6. The Kier molecular flexibility index (Phi) is 4.61. The summed E-state index contributed by atoms with van der Waals surface area (Å²) in [5.41, 5.74) is 1.61. The summed E-state index contributed by atoms with van der Waals surface area (Å²) < 4.78 is 28.4. The molecule has 8 nitrogen and oxygen atoms in total. The molecule has 1 aliphatic heterocycles. The Labute approximate surface area is 146 Å². The van der Waals surface area contributed by atoms with Crippen LogP contribution in [0.5, 0.6) is 0 Å². The van der Waals surface area contributed by atoms with Crippen LogP contribution >= 0.6 is 0 Å². The number of carboxylic acid groups (broad SMARTS) is 1. The number of carbonyl (C=O) groups is 1. The molecule has 2 aromatic rings. The van der Waals surface area contributed by atoms with Crippen LogP contribution in [0, 0.1) is 12.8 Å². The maximum absolute atomic E-state index is 12.8. The molecular formula is C16H20N4O4S. The molecule has 0 aliphatic carbocycles. The van der Waals surface area contributed by atoms with Gasteiger partial charge in [-0.15, -0.1) is 0 Å². The van der Waals surface area contributed by atoms with Crippen LogP contribution in [0.1, 0.15) is 28.0 Å².